The Morgan fingerprint density at radius 1 is 1.37 bits per heavy atom. The minimum atomic E-state index is -3.87. The molecule has 0 saturated heterocycles. The van der Waals surface area contributed by atoms with Gasteiger partial charge in [-0.1, -0.05) is 15.9 Å². The van der Waals surface area contributed by atoms with Crippen molar-refractivity contribution in [3.05, 3.63) is 52.6 Å². The van der Waals surface area contributed by atoms with Crippen molar-refractivity contribution in [1.29, 1.82) is 0 Å². The van der Waals surface area contributed by atoms with E-state index in [1.165, 1.54) is 31.7 Å². The zero-order chi connectivity index (χ0) is 14.0. The summed E-state index contributed by atoms with van der Waals surface area (Å²) < 4.78 is 44.6. The van der Waals surface area contributed by atoms with Crippen molar-refractivity contribution in [2.75, 3.05) is 7.05 Å². The van der Waals surface area contributed by atoms with Crippen molar-refractivity contribution in [2.45, 2.75) is 11.4 Å². The first kappa shape index (κ1) is 14.2. The average molecular weight is 348 g/mol. The van der Waals surface area contributed by atoms with Crippen LogP contribution in [0.3, 0.4) is 0 Å². The molecule has 0 N–H and O–H groups in total. The van der Waals surface area contributed by atoms with Crippen LogP contribution in [0.5, 0.6) is 0 Å². The molecule has 0 spiro atoms. The van der Waals surface area contributed by atoms with Crippen LogP contribution in [0.1, 0.15) is 5.56 Å². The van der Waals surface area contributed by atoms with Gasteiger partial charge in [0.05, 0.1) is 12.5 Å². The number of hydrogen-bond donors (Lipinski definition) is 0. The normalized spacial score (nSPS) is 12.0. The third kappa shape index (κ3) is 3.05. The molecule has 4 nitrogen and oxygen atoms in total. The van der Waals surface area contributed by atoms with E-state index in [1.807, 2.05) is 0 Å². The molecule has 2 aromatic rings. The Morgan fingerprint density at radius 2 is 2.11 bits per heavy atom. The monoisotopic (exact) mass is 347 g/mol. The van der Waals surface area contributed by atoms with E-state index < -0.39 is 15.8 Å². The topological polar surface area (TPSA) is 50.5 Å². The molecule has 2 rings (SSSR count). The van der Waals surface area contributed by atoms with E-state index in [1.54, 1.807) is 6.07 Å². The van der Waals surface area contributed by atoms with Crippen molar-refractivity contribution in [1.82, 2.24) is 4.31 Å². The van der Waals surface area contributed by atoms with Crippen molar-refractivity contribution in [3.63, 3.8) is 0 Å². The van der Waals surface area contributed by atoms with Gasteiger partial charge in [0.15, 0.2) is 0 Å². The Kier molecular flexibility index (Phi) is 4.07. The lowest BCUT2D eigenvalue weighted by atomic mass is 10.3. The van der Waals surface area contributed by atoms with Gasteiger partial charge in [-0.15, -0.1) is 0 Å². The second-order valence-corrected chi connectivity index (χ2v) is 6.90. The molecule has 0 atom stereocenters. The van der Waals surface area contributed by atoms with Crippen LogP contribution in [-0.4, -0.2) is 19.8 Å². The van der Waals surface area contributed by atoms with Crippen LogP contribution in [0.2, 0.25) is 0 Å². The third-order valence-corrected chi connectivity index (χ3v) is 4.90. The number of hydrogen-bond acceptors (Lipinski definition) is 3. The standard InChI is InChI=1S/C12H11BrFNO3S/c1-15(7-9-4-5-18-8-9)19(16,17)12-3-2-10(13)6-11(12)14/h2-6,8H,7H2,1H3. The number of halogens is 2. The molecule has 0 saturated carbocycles. The Hall–Kier alpha value is -1.18. The highest BCUT2D eigenvalue weighted by Gasteiger charge is 2.24. The molecule has 102 valence electrons. The molecule has 0 unspecified atom stereocenters. The van der Waals surface area contributed by atoms with Gasteiger partial charge in [-0.05, 0) is 24.3 Å². The lowest BCUT2D eigenvalue weighted by Gasteiger charge is -2.16. The van der Waals surface area contributed by atoms with E-state index in [-0.39, 0.29) is 11.4 Å². The third-order valence-electron chi connectivity index (χ3n) is 2.57. The molecule has 0 aliphatic heterocycles. The second-order valence-electron chi connectivity index (χ2n) is 3.97. The molecule has 19 heavy (non-hydrogen) atoms. The van der Waals surface area contributed by atoms with Crippen LogP contribution in [0, 0.1) is 5.82 Å². The molecule has 1 aromatic heterocycles. The highest BCUT2D eigenvalue weighted by molar-refractivity contribution is 9.10. The molecule has 0 fully saturated rings. The smallest absolute Gasteiger partial charge is 0.246 e. The molecule has 0 aliphatic carbocycles. The fraction of sp³-hybridized carbons (Fsp3) is 0.167. The number of rotatable bonds is 4. The predicted molar refractivity (Wildman–Crippen MR) is 71.5 cm³/mol. The van der Waals surface area contributed by atoms with Crippen LogP contribution in [0.15, 0.2) is 50.6 Å². The molecular weight excluding hydrogens is 337 g/mol. The molecular formula is C12H11BrFNO3S. The molecule has 1 aromatic carbocycles. The van der Waals surface area contributed by atoms with E-state index in [4.69, 9.17) is 4.42 Å². The second kappa shape index (κ2) is 5.44. The first-order valence-electron chi connectivity index (χ1n) is 5.34. The van der Waals surface area contributed by atoms with E-state index >= 15 is 0 Å². The van der Waals surface area contributed by atoms with Gasteiger partial charge in [-0.25, -0.2) is 12.8 Å². The number of nitrogens with zero attached hydrogens (tertiary/aromatic N) is 1. The first-order chi connectivity index (χ1) is 8.91. The van der Waals surface area contributed by atoms with Gasteiger partial charge in [0.25, 0.3) is 0 Å². The molecule has 1 heterocycles. The Balaban J connectivity index is 2.31. The average Bonchev–Trinajstić information content (AvgIpc) is 2.81. The van der Waals surface area contributed by atoms with Gasteiger partial charge in [-0.2, -0.15) is 4.31 Å². The maximum atomic E-state index is 13.7. The highest BCUT2D eigenvalue weighted by atomic mass is 79.9. The van der Waals surface area contributed by atoms with Gasteiger partial charge in [0, 0.05) is 23.6 Å². The summed E-state index contributed by atoms with van der Waals surface area (Å²) in [6.07, 6.45) is 2.90. The summed E-state index contributed by atoms with van der Waals surface area (Å²) in [5, 5.41) is 0. The van der Waals surface area contributed by atoms with Gasteiger partial charge < -0.3 is 4.42 Å². The minimum Gasteiger partial charge on any atom is -0.472 e. The Morgan fingerprint density at radius 3 is 2.68 bits per heavy atom. The molecule has 0 amide bonds. The number of sulfonamides is 1. The van der Waals surface area contributed by atoms with Crippen molar-refractivity contribution < 1.29 is 17.2 Å². The lowest BCUT2D eigenvalue weighted by Crippen LogP contribution is -2.27. The Labute approximate surface area is 119 Å². The molecule has 7 heteroatoms. The molecule has 0 bridgehead atoms. The summed E-state index contributed by atoms with van der Waals surface area (Å²) in [6.45, 7) is 0.119. The lowest BCUT2D eigenvalue weighted by molar-refractivity contribution is 0.457. The number of benzene rings is 1. The van der Waals surface area contributed by atoms with E-state index in [9.17, 15) is 12.8 Å². The zero-order valence-electron chi connectivity index (χ0n) is 10.0. The fourth-order valence-corrected chi connectivity index (χ4v) is 3.11. The fourth-order valence-electron chi connectivity index (χ4n) is 1.58. The van der Waals surface area contributed by atoms with Crippen LogP contribution in [-0.2, 0) is 16.6 Å². The van der Waals surface area contributed by atoms with Gasteiger partial charge in [-0.3, -0.25) is 0 Å². The van der Waals surface area contributed by atoms with Gasteiger partial charge in [0.1, 0.15) is 10.7 Å². The van der Waals surface area contributed by atoms with Crippen LogP contribution in [0.25, 0.3) is 0 Å². The summed E-state index contributed by atoms with van der Waals surface area (Å²) >= 11 is 3.09. The maximum absolute atomic E-state index is 13.7. The SMILES string of the molecule is CN(Cc1ccoc1)S(=O)(=O)c1ccc(Br)cc1F. The van der Waals surface area contributed by atoms with E-state index in [0.29, 0.717) is 10.0 Å². The predicted octanol–water partition coefficient (Wildman–Crippen LogP) is 3.00. The summed E-state index contributed by atoms with van der Waals surface area (Å²) in [5.74, 6) is -0.784. The van der Waals surface area contributed by atoms with Crippen molar-refractivity contribution in [2.24, 2.45) is 0 Å². The highest BCUT2D eigenvalue weighted by Crippen LogP contribution is 2.23. The van der Waals surface area contributed by atoms with Gasteiger partial charge in [0.2, 0.25) is 10.0 Å². The quantitative estimate of drug-likeness (QED) is 0.854. The van der Waals surface area contributed by atoms with E-state index in [2.05, 4.69) is 15.9 Å². The Bertz CT molecular complexity index is 670. The maximum Gasteiger partial charge on any atom is 0.246 e. The first-order valence-corrected chi connectivity index (χ1v) is 7.57. The zero-order valence-corrected chi connectivity index (χ0v) is 12.4. The van der Waals surface area contributed by atoms with Crippen LogP contribution in [0.4, 0.5) is 4.39 Å². The number of furan rings is 1. The molecule has 0 radical (unpaired) electrons. The summed E-state index contributed by atoms with van der Waals surface area (Å²) in [7, 11) is -2.47. The van der Waals surface area contributed by atoms with E-state index in [0.717, 1.165) is 10.4 Å². The van der Waals surface area contributed by atoms with Crippen molar-refractivity contribution in [3.8, 4) is 0 Å². The largest absolute Gasteiger partial charge is 0.472 e. The summed E-state index contributed by atoms with van der Waals surface area (Å²) in [6, 6.07) is 5.50. The van der Waals surface area contributed by atoms with Crippen molar-refractivity contribution >= 4 is 26.0 Å². The van der Waals surface area contributed by atoms with Gasteiger partial charge >= 0.3 is 0 Å². The van der Waals surface area contributed by atoms with Crippen LogP contribution >= 0.6 is 15.9 Å². The summed E-state index contributed by atoms with van der Waals surface area (Å²) in [4.78, 5) is -0.346. The molecule has 0 aliphatic rings. The minimum absolute atomic E-state index is 0.119. The van der Waals surface area contributed by atoms with Crippen LogP contribution < -0.4 is 0 Å². The summed E-state index contributed by atoms with van der Waals surface area (Å²) in [5.41, 5.74) is 0.698.